The molecular formula is C23H17F2N5O2. The molecule has 0 atom stereocenters. The van der Waals surface area contributed by atoms with Gasteiger partial charge in [0, 0.05) is 23.3 Å². The Bertz CT molecular complexity index is 1320. The topological polar surface area (TPSA) is 99.8 Å². The van der Waals surface area contributed by atoms with E-state index in [0.717, 1.165) is 23.2 Å². The largest absolute Gasteiger partial charge is 0.326 e. The van der Waals surface area contributed by atoms with E-state index in [2.05, 4.69) is 25.8 Å². The summed E-state index contributed by atoms with van der Waals surface area (Å²) in [5.41, 5.74) is 2.47. The summed E-state index contributed by atoms with van der Waals surface area (Å²) in [6.07, 6.45) is 4.84. The Morgan fingerprint density at radius 2 is 1.81 bits per heavy atom. The fourth-order valence-electron chi connectivity index (χ4n) is 3.02. The highest BCUT2D eigenvalue weighted by Gasteiger charge is 2.13. The van der Waals surface area contributed by atoms with Crippen molar-refractivity contribution in [2.45, 2.75) is 6.42 Å². The minimum absolute atomic E-state index is 0.200. The summed E-state index contributed by atoms with van der Waals surface area (Å²) in [7, 11) is 0. The lowest BCUT2D eigenvalue weighted by Crippen LogP contribution is -2.21. The van der Waals surface area contributed by atoms with Gasteiger partial charge < -0.3 is 10.6 Å². The van der Waals surface area contributed by atoms with E-state index >= 15 is 0 Å². The second-order valence-electron chi connectivity index (χ2n) is 6.85. The molecule has 2 heterocycles. The van der Waals surface area contributed by atoms with E-state index < -0.39 is 29.9 Å². The number of amides is 2. The van der Waals surface area contributed by atoms with Crippen LogP contribution >= 0.6 is 0 Å². The normalized spacial score (nSPS) is 11.1. The summed E-state index contributed by atoms with van der Waals surface area (Å²) >= 11 is 0. The summed E-state index contributed by atoms with van der Waals surface area (Å²) in [4.78, 5) is 28.4. The molecule has 160 valence electrons. The second-order valence-corrected chi connectivity index (χ2v) is 6.85. The Kier molecular flexibility index (Phi) is 5.98. The molecule has 0 fully saturated rings. The van der Waals surface area contributed by atoms with Crippen LogP contribution in [0.4, 0.5) is 20.2 Å². The Hall–Kier alpha value is -4.40. The van der Waals surface area contributed by atoms with Crippen molar-refractivity contribution in [1.29, 1.82) is 0 Å². The van der Waals surface area contributed by atoms with Gasteiger partial charge in [-0.2, -0.15) is 5.10 Å². The first-order valence-electron chi connectivity index (χ1n) is 9.60. The molecule has 32 heavy (non-hydrogen) atoms. The molecule has 0 saturated heterocycles. The van der Waals surface area contributed by atoms with Gasteiger partial charge in [0.15, 0.2) is 0 Å². The monoisotopic (exact) mass is 433 g/mol. The maximum absolute atomic E-state index is 13.6. The molecule has 2 amide bonds. The molecule has 2 aromatic heterocycles. The van der Waals surface area contributed by atoms with Crippen LogP contribution in [-0.4, -0.2) is 27.0 Å². The fourth-order valence-corrected chi connectivity index (χ4v) is 3.02. The zero-order valence-electron chi connectivity index (χ0n) is 16.6. The average molecular weight is 433 g/mol. The number of benzene rings is 2. The summed E-state index contributed by atoms with van der Waals surface area (Å²) in [6, 6.07) is 13.5. The summed E-state index contributed by atoms with van der Waals surface area (Å²) in [6.45, 7) is 0. The first-order valence-corrected chi connectivity index (χ1v) is 9.60. The van der Waals surface area contributed by atoms with Crippen LogP contribution < -0.4 is 10.6 Å². The molecular weight excluding hydrogens is 416 g/mol. The van der Waals surface area contributed by atoms with Crippen LogP contribution in [0.5, 0.6) is 0 Å². The van der Waals surface area contributed by atoms with E-state index in [-0.39, 0.29) is 5.69 Å². The van der Waals surface area contributed by atoms with Gasteiger partial charge >= 0.3 is 0 Å². The molecule has 3 N–H and O–H groups in total. The van der Waals surface area contributed by atoms with Gasteiger partial charge in [-0.05, 0) is 54.6 Å². The van der Waals surface area contributed by atoms with Crippen molar-refractivity contribution in [3.63, 3.8) is 0 Å². The van der Waals surface area contributed by atoms with E-state index in [1.165, 1.54) is 0 Å². The SMILES string of the molecule is O=C(CC(=O)Nc1ccc(F)cc1F)Nc1ccc2c(C=Cc3ccccn3)n[nH]c2c1. The summed E-state index contributed by atoms with van der Waals surface area (Å²) in [5.74, 6) is -2.99. The van der Waals surface area contributed by atoms with Gasteiger partial charge in [0.05, 0.1) is 22.6 Å². The van der Waals surface area contributed by atoms with Crippen LogP contribution in [0.25, 0.3) is 23.1 Å². The van der Waals surface area contributed by atoms with Gasteiger partial charge in [0.1, 0.15) is 18.1 Å². The maximum Gasteiger partial charge on any atom is 0.233 e. The van der Waals surface area contributed by atoms with Gasteiger partial charge in [-0.15, -0.1) is 0 Å². The lowest BCUT2D eigenvalue weighted by atomic mass is 10.1. The number of rotatable bonds is 6. The molecule has 0 bridgehead atoms. The third-order valence-electron chi connectivity index (χ3n) is 4.50. The number of carbonyl (C=O) groups is 2. The number of hydrogen-bond donors (Lipinski definition) is 3. The molecule has 4 rings (SSSR count). The van der Waals surface area contributed by atoms with Crippen molar-refractivity contribution in [2.75, 3.05) is 10.6 Å². The standard InChI is InChI=1S/C23H17F2N5O2/c24-14-4-8-20(18(25)11-14)28-23(32)13-22(31)27-16-5-7-17-19(29-30-21(17)12-16)9-6-15-3-1-2-10-26-15/h1-12H,13H2,(H,27,31)(H,28,32)(H,29,30). The summed E-state index contributed by atoms with van der Waals surface area (Å²) < 4.78 is 26.6. The number of halogens is 2. The van der Waals surface area contributed by atoms with E-state index in [1.807, 2.05) is 30.4 Å². The van der Waals surface area contributed by atoms with Crippen LogP contribution in [0.3, 0.4) is 0 Å². The average Bonchev–Trinajstić information content (AvgIpc) is 3.17. The van der Waals surface area contributed by atoms with Crippen molar-refractivity contribution < 1.29 is 18.4 Å². The minimum atomic E-state index is -0.920. The first-order chi connectivity index (χ1) is 15.5. The molecule has 0 aliphatic carbocycles. The number of nitrogens with zero attached hydrogens (tertiary/aromatic N) is 2. The van der Waals surface area contributed by atoms with Crippen molar-refractivity contribution in [1.82, 2.24) is 15.2 Å². The van der Waals surface area contributed by atoms with Crippen molar-refractivity contribution in [3.05, 3.63) is 83.8 Å². The number of hydrogen-bond acceptors (Lipinski definition) is 4. The Morgan fingerprint density at radius 3 is 2.59 bits per heavy atom. The van der Waals surface area contributed by atoms with Crippen molar-refractivity contribution in [2.24, 2.45) is 0 Å². The van der Waals surface area contributed by atoms with Gasteiger partial charge in [-0.25, -0.2) is 8.78 Å². The van der Waals surface area contributed by atoms with Gasteiger partial charge in [-0.1, -0.05) is 6.07 Å². The molecule has 0 spiro atoms. The van der Waals surface area contributed by atoms with Crippen LogP contribution in [0.2, 0.25) is 0 Å². The third-order valence-corrected chi connectivity index (χ3v) is 4.50. The Labute approximate surface area is 181 Å². The van der Waals surface area contributed by atoms with Crippen LogP contribution in [0.15, 0.2) is 60.8 Å². The molecule has 9 heteroatoms. The molecule has 0 aliphatic rings. The Morgan fingerprint density at radius 1 is 0.969 bits per heavy atom. The summed E-state index contributed by atoms with van der Waals surface area (Å²) in [5, 5.41) is 12.9. The number of carbonyl (C=O) groups excluding carboxylic acids is 2. The quantitative estimate of drug-likeness (QED) is 0.393. The highest BCUT2D eigenvalue weighted by molar-refractivity contribution is 6.08. The number of H-pyrrole nitrogens is 1. The highest BCUT2D eigenvalue weighted by atomic mass is 19.1. The molecule has 4 aromatic rings. The van der Waals surface area contributed by atoms with E-state index in [1.54, 1.807) is 24.4 Å². The number of pyridine rings is 1. The van der Waals surface area contributed by atoms with Crippen LogP contribution in [-0.2, 0) is 9.59 Å². The zero-order valence-corrected chi connectivity index (χ0v) is 16.6. The van der Waals surface area contributed by atoms with Crippen LogP contribution in [0, 0.1) is 11.6 Å². The maximum atomic E-state index is 13.6. The number of nitrogens with one attached hydrogen (secondary N) is 3. The van der Waals surface area contributed by atoms with E-state index in [9.17, 15) is 18.4 Å². The highest BCUT2D eigenvalue weighted by Crippen LogP contribution is 2.22. The smallest absolute Gasteiger partial charge is 0.233 e. The van der Waals surface area contributed by atoms with Crippen molar-refractivity contribution >= 4 is 46.2 Å². The molecule has 7 nitrogen and oxygen atoms in total. The van der Waals surface area contributed by atoms with E-state index in [4.69, 9.17) is 0 Å². The number of aromatic amines is 1. The lowest BCUT2D eigenvalue weighted by Gasteiger charge is -2.07. The van der Waals surface area contributed by atoms with Gasteiger partial charge in [0.2, 0.25) is 11.8 Å². The number of anilines is 2. The minimum Gasteiger partial charge on any atom is -0.326 e. The third kappa shape index (κ3) is 5.01. The second kappa shape index (κ2) is 9.17. The van der Waals surface area contributed by atoms with E-state index in [0.29, 0.717) is 23.0 Å². The van der Waals surface area contributed by atoms with Crippen LogP contribution in [0.1, 0.15) is 17.8 Å². The molecule has 0 unspecified atom stereocenters. The van der Waals surface area contributed by atoms with Crippen molar-refractivity contribution in [3.8, 4) is 0 Å². The number of fused-ring (bicyclic) bond motifs is 1. The predicted octanol–water partition coefficient (Wildman–Crippen LogP) is 4.37. The number of aromatic nitrogens is 3. The fraction of sp³-hybridized carbons (Fsp3) is 0.0435. The van der Waals surface area contributed by atoms with Gasteiger partial charge in [0.25, 0.3) is 0 Å². The molecule has 2 aromatic carbocycles. The van der Waals surface area contributed by atoms with Gasteiger partial charge in [-0.3, -0.25) is 19.7 Å². The first kappa shape index (κ1) is 20.9. The Balaban J connectivity index is 1.39. The predicted molar refractivity (Wildman–Crippen MR) is 117 cm³/mol. The molecule has 0 aliphatic heterocycles. The molecule has 0 radical (unpaired) electrons. The molecule has 0 saturated carbocycles. The lowest BCUT2D eigenvalue weighted by molar-refractivity contribution is -0.123. The zero-order chi connectivity index (χ0) is 22.5.